The molecule has 0 aromatic rings. The number of carbonyl (C=O) groups excluding carboxylic acids is 2. The Hall–Kier alpha value is -2.00. The first-order chi connectivity index (χ1) is 19.5. The monoisotopic (exact) mass is 576 g/mol. The number of hydrogen-bond acceptors (Lipinski definition) is 8. The van der Waals surface area contributed by atoms with Gasteiger partial charge in [0, 0.05) is 39.7 Å². The average molecular weight is 577 g/mol. The molecule has 0 N–H and O–H groups in total. The molecule has 0 aromatic carbocycles. The van der Waals surface area contributed by atoms with Crippen molar-refractivity contribution in [2.75, 3.05) is 20.3 Å². The number of rotatable bonds is 14. The highest BCUT2D eigenvalue weighted by atomic mass is 16.8. The Balaban J connectivity index is 2.34. The number of unbranched alkanes of at least 4 members (excludes halogenated alkanes) is 2. The van der Waals surface area contributed by atoms with Crippen LogP contribution in [0, 0.1) is 22.7 Å². The largest absolute Gasteiger partial charge is 0.459 e. The van der Waals surface area contributed by atoms with E-state index in [0.717, 1.165) is 43.3 Å². The van der Waals surface area contributed by atoms with Crippen molar-refractivity contribution in [3.8, 4) is 0 Å². The van der Waals surface area contributed by atoms with Gasteiger partial charge in [-0.15, -0.1) is 0 Å². The van der Waals surface area contributed by atoms with E-state index in [1.165, 1.54) is 13.8 Å². The quantitative estimate of drug-likeness (QED) is 0.103. The molecule has 1 saturated carbocycles. The highest BCUT2D eigenvalue weighted by molar-refractivity contribution is 5.67. The molecule has 232 valence electrons. The molecule has 2 unspecified atom stereocenters. The molecule has 1 aliphatic heterocycles. The zero-order chi connectivity index (χ0) is 30.4. The van der Waals surface area contributed by atoms with Gasteiger partial charge in [0.15, 0.2) is 6.29 Å². The summed E-state index contributed by atoms with van der Waals surface area (Å²) in [5.74, 6) is -0.991. The van der Waals surface area contributed by atoms with Gasteiger partial charge in [0.1, 0.15) is 6.10 Å². The first-order valence-electron chi connectivity index (χ1n) is 15.3. The van der Waals surface area contributed by atoms with E-state index in [9.17, 15) is 9.59 Å². The summed E-state index contributed by atoms with van der Waals surface area (Å²) < 4.78 is 37.8. The van der Waals surface area contributed by atoms with Crippen LogP contribution in [0.2, 0.25) is 0 Å². The zero-order valence-electron chi connectivity index (χ0n) is 26.4. The molecule has 9 atom stereocenters. The Labute approximate surface area is 246 Å². The van der Waals surface area contributed by atoms with Crippen LogP contribution in [-0.4, -0.2) is 63.2 Å². The summed E-state index contributed by atoms with van der Waals surface area (Å²) in [4.78, 5) is 25.1. The van der Waals surface area contributed by atoms with E-state index in [0.29, 0.717) is 19.6 Å². The number of esters is 2. The Morgan fingerprint density at radius 1 is 1.07 bits per heavy atom. The van der Waals surface area contributed by atoms with Crippen molar-refractivity contribution in [1.82, 2.24) is 0 Å². The average Bonchev–Trinajstić information content (AvgIpc) is 3.23. The number of methoxy groups -OCH3 is 1. The maximum Gasteiger partial charge on any atom is 0.305 e. The van der Waals surface area contributed by atoms with Crippen LogP contribution in [0.5, 0.6) is 0 Å². The van der Waals surface area contributed by atoms with Gasteiger partial charge >= 0.3 is 11.9 Å². The summed E-state index contributed by atoms with van der Waals surface area (Å²) in [7, 11) is 1.69. The van der Waals surface area contributed by atoms with Crippen LogP contribution in [0.1, 0.15) is 87.0 Å². The zero-order valence-corrected chi connectivity index (χ0v) is 26.4. The minimum absolute atomic E-state index is 0.00544. The standard InChI is InChI=1S/C33H52O8/c1-10-13-17-37-28-22(5)32(8,16-15-21(4)12-3)27-20-25(36-9)19-26-30(40-24(7)35)41-31(38-18-14-11-2)33(26,27)29(28)39-23(6)34/h12,15,19,22,25,27-31H,3,10-11,13-14,16-18,20H2,1-2,4-9H3/b21-15-/t22-,25+,27+,28-,29?,30+,31-,32-,33?/m1/s1. The van der Waals surface area contributed by atoms with Gasteiger partial charge in [-0.3, -0.25) is 9.59 Å². The van der Waals surface area contributed by atoms with Gasteiger partial charge in [-0.1, -0.05) is 64.8 Å². The second-order valence-corrected chi connectivity index (χ2v) is 12.1. The normalized spacial score (nSPS) is 36.6. The predicted molar refractivity (Wildman–Crippen MR) is 157 cm³/mol. The van der Waals surface area contributed by atoms with Gasteiger partial charge in [-0.2, -0.15) is 0 Å². The molecule has 2 aliphatic carbocycles. The third-order valence-corrected chi connectivity index (χ3v) is 9.53. The minimum atomic E-state index is -0.989. The molecule has 8 nitrogen and oxygen atoms in total. The molecule has 1 saturated heterocycles. The van der Waals surface area contributed by atoms with Crippen LogP contribution >= 0.6 is 0 Å². The molecule has 3 aliphatic rings. The summed E-state index contributed by atoms with van der Waals surface area (Å²) >= 11 is 0. The van der Waals surface area contributed by atoms with E-state index < -0.39 is 42.1 Å². The number of hydrogen-bond donors (Lipinski definition) is 0. The van der Waals surface area contributed by atoms with E-state index in [-0.39, 0.29) is 23.4 Å². The minimum Gasteiger partial charge on any atom is -0.459 e. The molecule has 0 radical (unpaired) electrons. The highest BCUT2D eigenvalue weighted by Crippen LogP contribution is 2.68. The van der Waals surface area contributed by atoms with Crippen molar-refractivity contribution in [2.45, 2.75) is 118 Å². The van der Waals surface area contributed by atoms with Crippen LogP contribution in [0.15, 0.2) is 36.0 Å². The second-order valence-electron chi connectivity index (χ2n) is 12.1. The van der Waals surface area contributed by atoms with Gasteiger partial charge in [-0.05, 0) is 55.9 Å². The third-order valence-electron chi connectivity index (χ3n) is 9.53. The van der Waals surface area contributed by atoms with E-state index in [1.807, 2.05) is 19.1 Å². The number of ether oxygens (including phenoxy) is 6. The SMILES string of the molecule is C=C/C(C)=C\C[C@]1(C)[C@H](C)[C@@H](OCCCC)C(OC(C)=O)C23C(=C[C@H](OC)C[C@H]21)[C@@H](OC(C)=O)O[C@H]3OCCCC. The number of carbonyl (C=O) groups is 2. The Kier molecular flexibility index (Phi) is 11.8. The first kappa shape index (κ1) is 33.5. The lowest BCUT2D eigenvalue weighted by molar-refractivity contribution is -0.289. The molecule has 8 heteroatoms. The van der Waals surface area contributed by atoms with Crippen LogP contribution < -0.4 is 0 Å². The molecule has 0 bridgehead atoms. The topological polar surface area (TPSA) is 89.5 Å². The van der Waals surface area contributed by atoms with E-state index in [1.54, 1.807) is 7.11 Å². The van der Waals surface area contributed by atoms with Gasteiger partial charge < -0.3 is 28.4 Å². The van der Waals surface area contributed by atoms with E-state index >= 15 is 0 Å². The van der Waals surface area contributed by atoms with Gasteiger partial charge in [-0.25, -0.2) is 0 Å². The second kappa shape index (κ2) is 14.5. The number of allylic oxidation sites excluding steroid dienone is 3. The maximum atomic E-state index is 12.8. The van der Waals surface area contributed by atoms with Crippen LogP contribution in [0.4, 0.5) is 0 Å². The summed E-state index contributed by atoms with van der Waals surface area (Å²) in [6.07, 6.45) is 7.91. The van der Waals surface area contributed by atoms with Crippen molar-refractivity contribution in [1.29, 1.82) is 0 Å². The van der Waals surface area contributed by atoms with Gasteiger partial charge in [0.25, 0.3) is 0 Å². The van der Waals surface area contributed by atoms with Crippen molar-refractivity contribution in [2.24, 2.45) is 22.7 Å². The molecule has 1 heterocycles. The molecule has 2 fully saturated rings. The lowest BCUT2D eigenvalue weighted by atomic mass is 9.44. The first-order valence-corrected chi connectivity index (χ1v) is 15.3. The highest BCUT2D eigenvalue weighted by Gasteiger charge is 2.74. The lowest BCUT2D eigenvalue weighted by Crippen LogP contribution is -2.69. The summed E-state index contributed by atoms with van der Waals surface area (Å²) in [6, 6.07) is 0. The Morgan fingerprint density at radius 2 is 1.71 bits per heavy atom. The summed E-state index contributed by atoms with van der Waals surface area (Å²) in [5, 5.41) is 0. The summed E-state index contributed by atoms with van der Waals surface area (Å²) in [6.45, 7) is 18.5. The molecule has 3 rings (SSSR count). The Bertz CT molecular complexity index is 988. The molecule has 1 spiro atoms. The van der Waals surface area contributed by atoms with Crippen molar-refractivity contribution >= 4 is 11.9 Å². The van der Waals surface area contributed by atoms with Gasteiger partial charge in [0.2, 0.25) is 6.29 Å². The fourth-order valence-corrected chi connectivity index (χ4v) is 7.11. The van der Waals surface area contributed by atoms with Gasteiger partial charge in [0.05, 0.1) is 17.6 Å². The molecule has 0 aromatic heterocycles. The fourth-order valence-electron chi connectivity index (χ4n) is 7.11. The van der Waals surface area contributed by atoms with E-state index in [2.05, 4.69) is 40.3 Å². The predicted octanol–water partition coefficient (Wildman–Crippen LogP) is 6.29. The van der Waals surface area contributed by atoms with Crippen molar-refractivity contribution in [3.63, 3.8) is 0 Å². The molecular weight excluding hydrogens is 524 g/mol. The molecular formula is C33H52O8. The van der Waals surface area contributed by atoms with Crippen LogP contribution in [0.25, 0.3) is 0 Å². The van der Waals surface area contributed by atoms with E-state index in [4.69, 9.17) is 28.4 Å². The molecule has 0 amide bonds. The maximum absolute atomic E-state index is 12.8. The van der Waals surface area contributed by atoms with Crippen molar-refractivity contribution in [3.05, 3.63) is 36.0 Å². The van der Waals surface area contributed by atoms with Crippen LogP contribution in [-0.2, 0) is 38.0 Å². The smallest absolute Gasteiger partial charge is 0.305 e. The van der Waals surface area contributed by atoms with Crippen LogP contribution in [0.3, 0.4) is 0 Å². The summed E-state index contributed by atoms with van der Waals surface area (Å²) in [5.41, 5.74) is 0.511. The third kappa shape index (κ3) is 6.66. The van der Waals surface area contributed by atoms with Crippen molar-refractivity contribution < 1.29 is 38.0 Å². The Morgan fingerprint density at radius 3 is 2.27 bits per heavy atom. The molecule has 41 heavy (non-hydrogen) atoms. The fraction of sp³-hybridized carbons (Fsp3) is 0.758. The lowest BCUT2D eigenvalue weighted by Gasteiger charge is -2.63.